The van der Waals surface area contributed by atoms with Crippen LogP contribution in [0.2, 0.25) is 0 Å². The summed E-state index contributed by atoms with van der Waals surface area (Å²) in [5, 5.41) is 8.03. The SMILES string of the molecule is CCOC(=O)C1=NO[C@H](Cc2c(/C=N\NC(=O)Cc3ccccc3)c(OC)c3c(c2OC)OCO3)C1. The summed E-state index contributed by atoms with van der Waals surface area (Å²) >= 11 is 0. The summed E-state index contributed by atoms with van der Waals surface area (Å²) in [5.74, 6) is 0.734. The molecule has 0 unspecified atom stereocenters. The van der Waals surface area contributed by atoms with Crippen LogP contribution in [-0.4, -0.2) is 57.5 Å². The number of amides is 1. The molecule has 0 bridgehead atoms. The van der Waals surface area contributed by atoms with Crippen LogP contribution >= 0.6 is 0 Å². The average Bonchev–Trinajstić information content (AvgIpc) is 3.55. The van der Waals surface area contributed by atoms with E-state index in [1.165, 1.54) is 20.4 Å². The molecule has 2 aliphatic heterocycles. The van der Waals surface area contributed by atoms with Gasteiger partial charge in [-0.05, 0) is 12.5 Å². The second-order valence-corrected chi connectivity index (χ2v) is 7.87. The first-order valence-electron chi connectivity index (χ1n) is 11.4. The number of carbonyl (C=O) groups is 2. The Kier molecular flexibility index (Phi) is 7.89. The molecule has 0 fully saturated rings. The summed E-state index contributed by atoms with van der Waals surface area (Å²) in [6, 6.07) is 9.34. The van der Waals surface area contributed by atoms with E-state index in [0.717, 1.165) is 5.56 Å². The first-order chi connectivity index (χ1) is 17.5. The largest absolute Gasteiger partial charge is 0.492 e. The molecule has 0 saturated heterocycles. The zero-order valence-corrected chi connectivity index (χ0v) is 20.2. The number of nitrogens with one attached hydrogen (secondary N) is 1. The van der Waals surface area contributed by atoms with Gasteiger partial charge in [-0.3, -0.25) is 4.79 Å². The highest BCUT2D eigenvalue weighted by Crippen LogP contribution is 2.52. The molecule has 190 valence electrons. The minimum Gasteiger partial charge on any atom is -0.492 e. The normalized spacial score (nSPS) is 15.9. The van der Waals surface area contributed by atoms with Crippen molar-refractivity contribution in [1.29, 1.82) is 0 Å². The summed E-state index contributed by atoms with van der Waals surface area (Å²) in [6.45, 7) is 1.96. The standard InChI is InChI=1S/C25H27N3O8/c1-4-33-25(30)19-12-16(36-28-19)11-17-18(13-26-27-20(29)10-15-8-6-5-7-9-15)22(32-3)24-23(21(17)31-2)34-14-35-24/h5-9,13,16H,4,10-12,14H2,1-3H3,(H,27,29)/b26-13-/t16-/m1/s1. The van der Waals surface area contributed by atoms with E-state index in [1.807, 2.05) is 30.3 Å². The van der Waals surface area contributed by atoms with Crippen LogP contribution in [-0.2, 0) is 32.0 Å². The lowest BCUT2D eigenvalue weighted by molar-refractivity contribution is -0.135. The van der Waals surface area contributed by atoms with Crippen LogP contribution < -0.4 is 24.4 Å². The van der Waals surface area contributed by atoms with Crippen molar-refractivity contribution in [2.45, 2.75) is 32.3 Å². The lowest BCUT2D eigenvalue weighted by Crippen LogP contribution is -2.21. The number of hydrazone groups is 1. The van der Waals surface area contributed by atoms with Gasteiger partial charge in [-0.2, -0.15) is 5.10 Å². The fourth-order valence-corrected chi connectivity index (χ4v) is 3.98. The number of carbonyl (C=O) groups excluding carboxylic acids is 2. The molecule has 2 aromatic rings. The molecule has 1 atom stereocenters. The summed E-state index contributed by atoms with van der Waals surface area (Å²) < 4.78 is 27.6. The summed E-state index contributed by atoms with van der Waals surface area (Å²) in [7, 11) is 3.00. The molecule has 36 heavy (non-hydrogen) atoms. The number of ether oxygens (including phenoxy) is 5. The van der Waals surface area contributed by atoms with Crippen LogP contribution in [0.5, 0.6) is 23.0 Å². The van der Waals surface area contributed by atoms with Gasteiger partial charge in [0.25, 0.3) is 0 Å². The van der Waals surface area contributed by atoms with Crippen LogP contribution in [0, 0.1) is 0 Å². The fourth-order valence-electron chi connectivity index (χ4n) is 3.98. The molecular weight excluding hydrogens is 470 g/mol. The first-order valence-corrected chi connectivity index (χ1v) is 11.4. The van der Waals surface area contributed by atoms with Crippen LogP contribution in [0.25, 0.3) is 0 Å². The molecule has 11 nitrogen and oxygen atoms in total. The van der Waals surface area contributed by atoms with E-state index in [9.17, 15) is 9.59 Å². The zero-order chi connectivity index (χ0) is 25.5. The second-order valence-electron chi connectivity index (χ2n) is 7.87. The van der Waals surface area contributed by atoms with E-state index in [-0.39, 0.29) is 44.3 Å². The summed E-state index contributed by atoms with van der Waals surface area (Å²) in [5.41, 5.74) is 4.75. The Hall–Kier alpha value is -4.28. The van der Waals surface area contributed by atoms with E-state index < -0.39 is 12.1 Å². The quantitative estimate of drug-likeness (QED) is 0.301. The predicted molar refractivity (Wildman–Crippen MR) is 129 cm³/mol. The lowest BCUT2D eigenvalue weighted by atomic mass is 9.96. The van der Waals surface area contributed by atoms with Crippen LogP contribution in [0.4, 0.5) is 0 Å². The van der Waals surface area contributed by atoms with Gasteiger partial charge in [0.05, 0.1) is 33.5 Å². The Morgan fingerprint density at radius 2 is 1.86 bits per heavy atom. The maximum atomic E-state index is 12.4. The average molecular weight is 498 g/mol. The topological polar surface area (TPSA) is 126 Å². The van der Waals surface area contributed by atoms with Crippen molar-refractivity contribution in [3.63, 3.8) is 0 Å². The van der Waals surface area contributed by atoms with Crippen molar-refractivity contribution in [1.82, 2.24) is 5.43 Å². The van der Waals surface area contributed by atoms with Crippen molar-refractivity contribution in [2.24, 2.45) is 10.3 Å². The third-order valence-electron chi connectivity index (χ3n) is 5.54. The third-order valence-corrected chi connectivity index (χ3v) is 5.54. The van der Waals surface area contributed by atoms with Crippen LogP contribution in [0.1, 0.15) is 30.0 Å². The van der Waals surface area contributed by atoms with Crippen molar-refractivity contribution in [3.8, 4) is 23.0 Å². The molecule has 0 aliphatic carbocycles. The van der Waals surface area contributed by atoms with E-state index in [0.29, 0.717) is 34.1 Å². The Labute approximate surface area is 207 Å². The van der Waals surface area contributed by atoms with E-state index in [2.05, 4.69) is 15.7 Å². The summed E-state index contributed by atoms with van der Waals surface area (Å²) in [6.07, 6.45) is 1.70. The van der Waals surface area contributed by atoms with Gasteiger partial charge in [-0.25, -0.2) is 10.2 Å². The number of nitrogens with zero attached hydrogens (tertiary/aromatic N) is 2. The van der Waals surface area contributed by atoms with Gasteiger partial charge in [-0.1, -0.05) is 35.5 Å². The maximum Gasteiger partial charge on any atom is 0.356 e. The van der Waals surface area contributed by atoms with E-state index >= 15 is 0 Å². The smallest absolute Gasteiger partial charge is 0.356 e. The molecule has 1 N–H and O–H groups in total. The number of hydrogen-bond donors (Lipinski definition) is 1. The Morgan fingerprint density at radius 1 is 1.14 bits per heavy atom. The maximum absolute atomic E-state index is 12.4. The molecule has 4 rings (SSSR count). The van der Waals surface area contributed by atoms with Gasteiger partial charge in [0.1, 0.15) is 6.10 Å². The summed E-state index contributed by atoms with van der Waals surface area (Å²) in [4.78, 5) is 29.9. The molecule has 11 heteroatoms. The minimum atomic E-state index is -0.516. The van der Waals surface area contributed by atoms with Gasteiger partial charge in [-0.15, -0.1) is 0 Å². The zero-order valence-electron chi connectivity index (χ0n) is 20.2. The lowest BCUT2D eigenvalue weighted by Gasteiger charge is -2.19. The van der Waals surface area contributed by atoms with Crippen LogP contribution in [0.15, 0.2) is 40.6 Å². The van der Waals surface area contributed by atoms with Gasteiger partial charge in [0.2, 0.25) is 24.2 Å². The molecule has 0 radical (unpaired) electrons. The third kappa shape index (κ3) is 5.35. The Bertz CT molecular complexity index is 1180. The van der Waals surface area contributed by atoms with Gasteiger partial charge in [0.15, 0.2) is 17.2 Å². The molecule has 2 heterocycles. The highest BCUT2D eigenvalue weighted by Gasteiger charge is 2.34. The Balaban J connectivity index is 1.60. The molecule has 1 amide bonds. The van der Waals surface area contributed by atoms with Gasteiger partial charge >= 0.3 is 5.97 Å². The van der Waals surface area contributed by atoms with E-state index in [1.54, 1.807) is 6.92 Å². The van der Waals surface area contributed by atoms with Crippen molar-refractivity contribution < 1.29 is 38.1 Å². The molecule has 0 spiro atoms. The van der Waals surface area contributed by atoms with Gasteiger partial charge in [0, 0.05) is 24.0 Å². The number of oxime groups is 1. The molecule has 0 aromatic heterocycles. The van der Waals surface area contributed by atoms with Crippen LogP contribution in [0.3, 0.4) is 0 Å². The fraction of sp³-hybridized carbons (Fsp3) is 0.360. The number of methoxy groups -OCH3 is 2. The molecule has 2 aliphatic rings. The monoisotopic (exact) mass is 497 g/mol. The van der Waals surface area contributed by atoms with Gasteiger partial charge < -0.3 is 28.5 Å². The number of esters is 1. The molecule has 2 aromatic carbocycles. The second kappa shape index (κ2) is 11.4. The van der Waals surface area contributed by atoms with E-state index in [4.69, 9.17) is 28.5 Å². The highest BCUT2D eigenvalue weighted by atomic mass is 16.7. The Morgan fingerprint density at radius 3 is 2.56 bits per heavy atom. The van der Waals surface area contributed by atoms with Crippen molar-refractivity contribution in [3.05, 3.63) is 47.0 Å². The molecule has 0 saturated carbocycles. The molecular formula is C25H27N3O8. The highest BCUT2D eigenvalue weighted by molar-refractivity contribution is 6.36. The van der Waals surface area contributed by atoms with Crippen molar-refractivity contribution in [2.75, 3.05) is 27.6 Å². The predicted octanol–water partition coefficient (Wildman–Crippen LogP) is 2.38. The first kappa shape index (κ1) is 24.8. The number of benzene rings is 2. The minimum absolute atomic E-state index is 0.00799. The number of hydrogen-bond acceptors (Lipinski definition) is 10. The number of rotatable bonds is 10. The van der Waals surface area contributed by atoms with Crippen molar-refractivity contribution >= 4 is 23.8 Å². The number of fused-ring (bicyclic) bond motifs is 1.